The number of rotatable bonds is 7. The number of amides is 1. The van der Waals surface area contributed by atoms with Gasteiger partial charge < -0.3 is 25.6 Å². The van der Waals surface area contributed by atoms with E-state index in [2.05, 4.69) is 0 Å². The van der Waals surface area contributed by atoms with Crippen LogP contribution < -0.4 is 5.73 Å². The van der Waals surface area contributed by atoms with Gasteiger partial charge in [-0.2, -0.15) is 0 Å². The molecule has 1 aromatic carbocycles. The number of nitrogen functional groups attached to an aromatic ring is 1. The van der Waals surface area contributed by atoms with Gasteiger partial charge in [-0.15, -0.1) is 0 Å². The molecule has 2 aliphatic rings. The summed E-state index contributed by atoms with van der Waals surface area (Å²) in [6.07, 6.45) is 0.943. The van der Waals surface area contributed by atoms with Gasteiger partial charge in [0, 0.05) is 31.7 Å². The summed E-state index contributed by atoms with van der Waals surface area (Å²) in [6.45, 7) is 1.70. The monoisotopic (exact) mass is 404 g/mol. The lowest BCUT2D eigenvalue weighted by atomic mass is 10.1. The first-order valence-electron chi connectivity index (χ1n) is 9.81. The van der Waals surface area contributed by atoms with Gasteiger partial charge in [-0.25, -0.2) is 4.79 Å². The van der Waals surface area contributed by atoms with Crippen LogP contribution in [-0.2, 0) is 20.9 Å². The number of aliphatic hydroxyl groups is 1. The highest BCUT2D eigenvalue weighted by molar-refractivity contribution is 5.94. The summed E-state index contributed by atoms with van der Waals surface area (Å²) < 4.78 is 5.33. The van der Waals surface area contributed by atoms with E-state index in [9.17, 15) is 14.7 Å². The Labute approximate surface area is 169 Å². The predicted molar refractivity (Wildman–Crippen MR) is 105 cm³/mol. The van der Waals surface area contributed by atoms with E-state index in [0.717, 1.165) is 5.56 Å². The second-order valence-electron chi connectivity index (χ2n) is 7.67. The number of β-amino-alcohol motifs (C(OH)–C–C–N with tert-alkyl or cyclic N) is 1. The summed E-state index contributed by atoms with van der Waals surface area (Å²) in [4.78, 5) is 27.5. The fourth-order valence-corrected chi connectivity index (χ4v) is 3.98. The Kier molecular flexibility index (Phi) is 6.83. The van der Waals surface area contributed by atoms with E-state index in [4.69, 9.17) is 21.0 Å². The van der Waals surface area contributed by atoms with Gasteiger partial charge in [-0.3, -0.25) is 15.1 Å². The van der Waals surface area contributed by atoms with Gasteiger partial charge in [-0.05, 0) is 24.8 Å². The maximum atomic E-state index is 13.1. The Hall–Kier alpha value is -2.49. The number of carboxylic acid groups (broad SMARTS) is 1. The van der Waals surface area contributed by atoms with E-state index in [0.29, 0.717) is 51.0 Å². The SMILES string of the molecule is N=C(N)c1ccc(CN2C[C@H](O)C[C@@H]2C(=O)N2CCC(OCC(=O)O)CC2)cc1. The highest BCUT2D eigenvalue weighted by Crippen LogP contribution is 2.24. The molecule has 2 fully saturated rings. The van der Waals surface area contributed by atoms with Crippen molar-refractivity contribution < 1.29 is 24.5 Å². The minimum absolute atomic E-state index is 0.00130. The molecule has 2 atom stereocenters. The Balaban J connectivity index is 1.57. The van der Waals surface area contributed by atoms with Crippen LogP contribution in [0, 0.1) is 5.41 Å². The molecule has 0 unspecified atom stereocenters. The standard InChI is InChI=1S/C20H28N4O5/c21-19(22)14-3-1-13(2-4-14)10-24-11-15(25)9-17(24)20(28)23-7-5-16(6-8-23)29-12-18(26)27/h1-4,15-17,25H,5-12H2,(H3,21,22)(H,26,27)/t15-,17-/m1/s1. The van der Waals surface area contributed by atoms with E-state index in [1.807, 2.05) is 17.0 Å². The molecule has 0 saturated carbocycles. The van der Waals surface area contributed by atoms with Crippen molar-refractivity contribution in [1.29, 1.82) is 5.41 Å². The molecular formula is C20H28N4O5. The maximum Gasteiger partial charge on any atom is 0.329 e. The van der Waals surface area contributed by atoms with Gasteiger partial charge in [0.05, 0.1) is 18.2 Å². The van der Waals surface area contributed by atoms with Crippen LogP contribution in [0.2, 0.25) is 0 Å². The second-order valence-corrected chi connectivity index (χ2v) is 7.67. The number of aliphatic hydroxyl groups excluding tert-OH is 1. The third kappa shape index (κ3) is 5.53. The maximum absolute atomic E-state index is 13.1. The van der Waals surface area contributed by atoms with Crippen LogP contribution in [0.3, 0.4) is 0 Å². The molecular weight excluding hydrogens is 376 g/mol. The first kappa shape index (κ1) is 21.2. The number of nitrogens with zero attached hydrogens (tertiary/aromatic N) is 2. The van der Waals surface area contributed by atoms with Gasteiger partial charge in [-0.1, -0.05) is 24.3 Å². The largest absolute Gasteiger partial charge is 0.480 e. The summed E-state index contributed by atoms with van der Waals surface area (Å²) in [5.74, 6) is -0.981. The molecule has 1 aromatic rings. The van der Waals surface area contributed by atoms with E-state index < -0.39 is 12.1 Å². The summed E-state index contributed by atoms with van der Waals surface area (Å²) in [6, 6.07) is 6.95. The number of hydrogen-bond donors (Lipinski definition) is 4. The van der Waals surface area contributed by atoms with Gasteiger partial charge in [0.2, 0.25) is 5.91 Å². The normalized spacial score (nSPS) is 23.3. The van der Waals surface area contributed by atoms with Crippen LogP contribution in [-0.4, -0.2) is 82.2 Å². The molecule has 0 aromatic heterocycles. The lowest BCUT2D eigenvalue weighted by Crippen LogP contribution is -2.49. The minimum Gasteiger partial charge on any atom is -0.480 e. The number of carbonyl (C=O) groups is 2. The molecule has 0 radical (unpaired) electrons. The number of benzene rings is 1. The summed E-state index contributed by atoms with van der Waals surface area (Å²) >= 11 is 0. The van der Waals surface area contributed by atoms with Crippen LogP contribution in [0.25, 0.3) is 0 Å². The fourth-order valence-electron chi connectivity index (χ4n) is 3.98. The molecule has 1 amide bonds. The number of nitrogens with two attached hydrogens (primary N) is 1. The molecule has 9 nitrogen and oxygen atoms in total. The molecule has 0 bridgehead atoms. The zero-order valence-electron chi connectivity index (χ0n) is 16.3. The molecule has 158 valence electrons. The van der Waals surface area contributed by atoms with Crippen LogP contribution in [0.5, 0.6) is 0 Å². The number of carboxylic acids is 1. The third-order valence-electron chi connectivity index (χ3n) is 5.51. The molecule has 5 N–H and O–H groups in total. The quantitative estimate of drug-likeness (QED) is 0.370. The summed E-state index contributed by atoms with van der Waals surface area (Å²) in [5.41, 5.74) is 7.12. The topological polar surface area (TPSA) is 140 Å². The first-order valence-corrected chi connectivity index (χ1v) is 9.81. The molecule has 0 spiro atoms. The van der Waals surface area contributed by atoms with Crippen LogP contribution in [0.15, 0.2) is 24.3 Å². The molecule has 2 aliphatic heterocycles. The van der Waals surface area contributed by atoms with Crippen molar-refractivity contribution in [3.05, 3.63) is 35.4 Å². The van der Waals surface area contributed by atoms with Crippen molar-refractivity contribution >= 4 is 17.7 Å². The lowest BCUT2D eigenvalue weighted by Gasteiger charge is -2.35. The van der Waals surface area contributed by atoms with Gasteiger partial charge in [0.25, 0.3) is 0 Å². The van der Waals surface area contributed by atoms with Crippen LogP contribution >= 0.6 is 0 Å². The zero-order chi connectivity index (χ0) is 21.0. The van der Waals surface area contributed by atoms with Crippen LogP contribution in [0.1, 0.15) is 30.4 Å². The van der Waals surface area contributed by atoms with Crippen molar-refractivity contribution in [3.8, 4) is 0 Å². The number of nitrogens with one attached hydrogen (secondary N) is 1. The van der Waals surface area contributed by atoms with E-state index in [1.54, 1.807) is 17.0 Å². The Bertz CT molecular complexity index is 746. The fraction of sp³-hybridized carbons (Fsp3) is 0.550. The second kappa shape index (κ2) is 9.34. The van der Waals surface area contributed by atoms with Crippen molar-refractivity contribution in [1.82, 2.24) is 9.80 Å². The average molecular weight is 404 g/mol. The van der Waals surface area contributed by atoms with Gasteiger partial charge in [0.15, 0.2) is 0 Å². The molecule has 2 saturated heterocycles. The van der Waals surface area contributed by atoms with E-state index in [-0.39, 0.29) is 30.5 Å². The Morgan fingerprint density at radius 1 is 1.21 bits per heavy atom. The molecule has 2 heterocycles. The van der Waals surface area contributed by atoms with Crippen molar-refractivity contribution in [2.45, 2.75) is 44.1 Å². The smallest absolute Gasteiger partial charge is 0.329 e. The number of aliphatic carboxylic acids is 1. The summed E-state index contributed by atoms with van der Waals surface area (Å²) in [5, 5.41) is 26.3. The predicted octanol–water partition coefficient (Wildman–Crippen LogP) is -0.00193. The minimum atomic E-state index is -0.990. The number of carbonyl (C=O) groups excluding carboxylic acids is 1. The lowest BCUT2D eigenvalue weighted by molar-refractivity contribution is -0.147. The van der Waals surface area contributed by atoms with Gasteiger partial charge in [0.1, 0.15) is 12.4 Å². The summed E-state index contributed by atoms with van der Waals surface area (Å²) in [7, 11) is 0. The average Bonchev–Trinajstić information content (AvgIpc) is 3.06. The third-order valence-corrected chi connectivity index (χ3v) is 5.51. The number of hydrogen-bond acceptors (Lipinski definition) is 6. The molecule has 29 heavy (non-hydrogen) atoms. The number of amidine groups is 1. The Morgan fingerprint density at radius 2 is 1.86 bits per heavy atom. The van der Waals surface area contributed by atoms with E-state index >= 15 is 0 Å². The highest BCUT2D eigenvalue weighted by atomic mass is 16.5. The number of ether oxygens (including phenoxy) is 1. The molecule has 9 heteroatoms. The highest BCUT2D eigenvalue weighted by Gasteiger charge is 2.39. The zero-order valence-corrected chi connectivity index (χ0v) is 16.3. The number of piperidine rings is 1. The Morgan fingerprint density at radius 3 is 2.45 bits per heavy atom. The van der Waals surface area contributed by atoms with Crippen molar-refractivity contribution in [3.63, 3.8) is 0 Å². The van der Waals surface area contributed by atoms with Crippen molar-refractivity contribution in [2.24, 2.45) is 5.73 Å². The molecule has 3 rings (SSSR count). The number of likely N-dealkylation sites (tertiary alicyclic amines) is 2. The van der Waals surface area contributed by atoms with Crippen molar-refractivity contribution in [2.75, 3.05) is 26.2 Å². The van der Waals surface area contributed by atoms with E-state index in [1.165, 1.54) is 0 Å². The van der Waals surface area contributed by atoms with Gasteiger partial charge >= 0.3 is 5.97 Å². The van der Waals surface area contributed by atoms with Crippen LogP contribution in [0.4, 0.5) is 0 Å². The first-order chi connectivity index (χ1) is 13.8. The molecule has 0 aliphatic carbocycles.